The molecule has 0 atom stereocenters. The number of thioether (sulfide) groups is 1. The van der Waals surface area contributed by atoms with Crippen molar-refractivity contribution in [1.82, 2.24) is 15.1 Å². The molecule has 1 aromatic heterocycles. The lowest BCUT2D eigenvalue weighted by Crippen LogP contribution is -2.23. The van der Waals surface area contributed by atoms with E-state index in [2.05, 4.69) is 15.5 Å². The second-order valence-electron chi connectivity index (χ2n) is 6.69. The van der Waals surface area contributed by atoms with Gasteiger partial charge in [-0.05, 0) is 36.2 Å². The maximum atomic E-state index is 12.3. The van der Waals surface area contributed by atoms with Gasteiger partial charge in [0.2, 0.25) is 11.8 Å². The van der Waals surface area contributed by atoms with Crippen LogP contribution in [-0.4, -0.2) is 33.5 Å². The Morgan fingerprint density at radius 3 is 2.62 bits per heavy atom. The zero-order valence-electron chi connectivity index (χ0n) is 15.7. The van der Waals surface area contributed by atoms with E-state index in [0.717, 1.165) is 24.2 Å². The van der Waals surface area contributed by atoms with Crippen molar-refractivity contribution in [2.45, 2.75) is 30.4 Å². The number of hydrogen-bond acceptors (Lipinski definition) is 6. The summed E-state index contributed by atoms with van der Waals surface area (Å²) < 4.78 is 5.63. The van der Waals surface area contributed by atoms with Crippen molar-refractivity contribution in [2.75, 3.05) is 11.9 Å². The molecule has 0 bridgehead atoms. The minimum atomic E-state index is -0.145. The van der Waals surface area contributed by atoms with Crippen molar-refractivity contribution in [1.29, 1.82) is 0 Å². The minimum Gasteiger partial charge on any atom is -0.414 e. The standard InChI is InChI=1S/C21H20N4O3S/c26-19-7-4-12-25(19)13-18-23-24-21(28-18)29-14-15-8-10-16(11-9-15)20(27)22-17-5-2-1-3-6-17/h1-3,5-6,8-11H,4,7,12-14H2,(H,22,27). The number of anilines is 1. The van der Waals surface area contributed by atoms with Crippen LogP contribution in [0.5, 0.6) is 0 Å². The van der Waals surface area contributed by atoms with Crippen LogP contribution in [0.4, 0.5) is 5.69 Å². The highest BCUT2D eigenvalue weighted by Crippen LogP contribution is 2.23. The summed E-state index contributed by atoms with van der Waals surface area (Å²) in [6, 6.07) is 16.8. The number of amides is 2. The quantitative estimate of drug-likeness (QED) is 0.599. The van der Waals surface area contributed by atoms with E-state index < -0.39 is 0 Å². The Morgan fingerprint density at radius 1 is 1.10 bits per heavy atom. The first-order valence-electron chi connectivity index (χ1n) is 9.36. The fourth-order valence-electron chi connectivity index (χ4n) is 3.02. The highest BCUT2D eigenvalue weighted by Gasteiger charge is 2.22. The van der Waals surface area contributed by atoms with Gasteiger partial charge in [-0.1, -0.05) is 42.1 Å². The Morgan fingerprint density at radius 2 is 1.90 bits per heavy atom. The van der Waals surface area contributed by atoms with E-state index in [1.807, 2.05) is 42.5 Å². The second kappa shape index (κ2) is 8.91. The molecule has 148 valence electrons. The number of hydrogen-bond donors (Lipinski definition) is 1. The van der Waals surface area contributed by atoms with E-state index >= 15 is 0 Å². The van der Waals surface area contributed by atoms with E-state index in [1.165, 1.54) is 11.8 Å². The van der Waals surface area contributed by atoms with Crippen LogP contribution in [0.25, 0.3) is 0 Å². The molecule has 0 aliphatic carbocycles. The van der Waals surface area contributed by atoms with Crippen LogP contribution in [0.3, 0.4) is 0 Å². The molecule has 2 heterocycles. The molecule has 29 heavy (non-hydrogen) atoms. The van der Waals surface area contributed by atoms with Crippen LogP contribution >= 0.6 is 11.8 Å². The zero-order chi connectivity index (χ0) is 20.1. The van der Waals surface area contributed by atoms with Gasteiger partial charge in [0, 0.05) is 30.0 Å². The number of nitrogens with one attached hydrogen (secondary N) is 1. The predicted octanol–water partition coefficient (Wildman–Crippen LogP) is 3.74. The lowest BCUT2D eigenvalue weighted by atomic mass is 10.1. The first kappa shape index (κ1) is 19.2. The lowest BCUT2D eigenvalue weighted by Gasteiger charge is -2.11. The van der Waals surface area contributed by atoms with Crippen molar-refractivity contribution in [3.05, 3.63) is 71.6 Å². The van der Waals surface area contributed by atoms with Crippen molar-refractivity contribution in [3.63, 3.8) is 0 Å². The summed E-state index contributed by atoms with van der Waals surface area (Å²) in [7, 11) is 0. The predicted molar refractivity (Wildman–Crippen MR) is 109 cm³/mol. The summed E-state index contributed by atoms with van der Waals surface area (Å²) >= 11 is 1.43. The zero-order valence-corrected chi connectivity index (χ0v) is 16.5. The Balaban J connectivity index is 1.29. The summed E-state index contributed by atoms with van der Waals surface area (Å²) in [5.74, 6) is 1.09. The van der Waals surface area contributed by atoms with Crippen molar-refractivity contribution in [3.8, 4) is 0 Å². The van der Waals surface area contributed by atoms with Gasteiger partial charge in [-0.3, -0.25) is 9.59 Å². The normalized spacial score (nSPS) is 13.7. The van der Waals surface area contributed by atoms with Crippen LogP contribution < -0.4 is 5.32 Å². The second-order valence-corrected chi connectivity index (χ2v) is 7.61. The molecule has 0 unspecified atom stereocenters. The molecular formula is C21H20N4O3S. The van der Waals surface area contributed by atoms with Gasteiger partial charge in [-0.15, -0.1) is 10.2 Å². The smallest absolute Gasteiger partial charge is 0.276 e. The fourth-order valence-corrected chi connectivity index (χ4v) is 3.75. The molecule has 4 rings (SSSR count). The SMILES string of the molecule is O=C(Nc1ccccc1)c1ccc(CSc2nnc(CN3CCCC3=O)o2)cc1. The van der Waals surface area contributed by atoms with Crippen LogP contribution in [0.2, 0.25) is 0 Å². The highest BCUT2D eigenvalue weighted by atomic mass is 32.2. The third kappa shape index (κ3) is 5.03. The van der Waals surface area contributed by atoms with Crippen LogP contribution in [-0.2, 0) is 17.1 Å². The Kier molecular flexibility index (Phi) is 5.90. The summed E-state index contributed by atoms with van der Waals surface area (Å²) in [6.07, 6.45) is 1.48. The van der Waals surface area contributed by atoms with E-state index in [9.17, 15) is 9.59 Å². The van der Waals surface area contributed by atoms with Gasteiger partial charge in [0.15, 0.2) is 0 Å². The van der Waals surface area contributed by atoms with Crippen molar-refractivity contribution >= 4 is 29.3 Å². The molecule has 3 aromatic rings. The number of aromatic nitrogens is 2. The van der Waals surface area contributed by atoms with E-state index in [0.29, 0.717) is 35.4 Å². The molecule has 0 saturated carbocycles. The van der Waals surface area contributed by atoms with Crippen molar-refractivity contribution < 1.29 is 14.0 Å². The Bertz CT molecular complexity index is 989. The van der Waals surface area contributed by atoms with Gasteiger partial charge in [0.1, 0.15) is 0 Å². The molecule has 7 nitrogen and oxygen atoms in total. The first-order valence-corrected chi connectivity index (χ1v) is 10.3. The molecule has 0 radical (unpaired) electrons. The fraction of sp³-hybridized carbons (Fsp3) is 0.238. The van der Waals surface area contributed by atoms with E-state index in [4.69, 9.17) is 4.42 Å². The summed E-state index contributed by atoms with van der Waals surface area (Å²) in [5, 5.41) is 11.4. The monoisotopic (exact) mass is 408 g/mol. The van der Waals surface area contributed by atoms with E-state index in [1.54, 1.807) is 17.0 Å². The van der Waals surface area contributed by atoms with E-state index in [-0.39, 0.29) is 11.8 Å². The Labute approximate surface area is 172 Å². The van der Waals surface area contributed by atoms with Gasteiger partial charge >= 0.3 is 0 Å². The maximum Gasteiger partial charge on any atom is 0.276 e. The Hall–Kier alpha value is -3.13. The number of rotatable bonds is 7. The molecule has 2 amide bonds. The molecule has 1 N–H and O–H groups in total. The van der Waals surface area contributed by atoms with Gasteiger partial charge in [0.25, 0.3) is 11.1 Å². The topological polar surface area (TPSA) is 88.3 Å². The molecule has 1 aliphatic heterocycles. The summed E-state index contributed by atoms with van der Waals surface area (Å²) in [5.41, 5.74) is 2.40. The number of benzene rings is 2. The summed E-state index contributed by atoms with van der Waals surface area (Å²) in [4.78, 5) is 25.7. The van der Waals surface area contributed by atoms with Crippen LogP contribution in [0.15, 0.2) is 64.2 Å². The third-order valence-electron chi connectivity index (χ3n) is 4.56. The molecule has 2 aromatic carbocycles. The van der Waals surface area contributed by atoms with Crippen LogP contribution in [0, 0.1) is 0 Å². The number of carbonyl (C=O) groups is 2. The molecule has 0 spiro atoms. The first-order chi connectivity index (χ1) is 14.2. The number of carbonyl (C=O) groups excluding carboxylic acids is 2. The number of nitrogens with zero attached hydrogens (tertiary/aromatic N) is 3. The number of likely N-dealkylation sites (tertiary alicyclic amines) is 1. The largest absolute Gasteiger partial charge is 0.414 e. The molecule has 1 fully saturated rings. The average molecular weight is 408 g/mol. The third-order valence-corrected chi connectivity index (χ3v) is 5.45. The summed E-state index contributed by atoms with van der Waals surface area (Å²) in [6.45, 7) is 1.12. The lowest BCUT2D eigenvalue weighted by molar-refractivity contribution is -0.128. The van der Waals surface area contributed by atoms with Gasteiger partial charge in [-0.2, -0.15) is 0 Å². The molecule has 8 heteroatoms. The van der Waals surface area contributed by atoms with Gasteiger partial charge < -0.3 is 14.6 Å². The maximum absolute atomic E-state index is 12.3. The molecule has 1 saturated heterocycles. The molecular weight excluding hydrogens is 388 g/mol. The van der Waals surface area contributed by atoms with Crippen LogP contribution in [0.1, 0.15) is 34.7 Å². The minimum absolute atomic E-state index is 0.133. The molecule has 1 aliphatic rings. The van der Waals surface area contributed by atoms with Gasteiger partial charge in [0.05, 0.1) is 6.54 Å². The van der Waals surface area contributed by atoms with Gasteiger partial charge in [-0.25, -0.2) is 0 Å². The highest BCUT2D eigenvalue weighted by molar-refractivity contribution is 7.98. The average Bonchev–Trinajstić information content (AvgIpc) is 3.37. The number of para-hydroxylation sites is 1. The van der Waals surface area contributed by atoms with Crippen molar-refractivity contribution in [2.24, 2.45) is 0 Å².